The van der Waals surface area contributed by atoms with E-state index in [0.29, 0.717) is 12.8 Å². The lowest BCUT2D eigenvalue weighted by molar-refractivity contribution is -0.168. The van der Waals surface area contributed by atoms with E-state index in [2.05, 4.69) is 5.32 Å². The van der Waals surface area contributed by atoms with Gasteiger partial charge in [0.1, 0.15) is 5.60 Å². The van der Waals surface area contributed by atoms with E-state index in [0.717, 1.165) is 18.7 Å². The molecule has 0 radical (unpaired) electrons. The first-order chi connectivity index (χ1) is 10.5. The lowest BCUT2D eigenvalue weighted by Crippen LogP contribution is -2.44. The van der Waals surface area contributed by atoms with Gasteiger partial charge < -0.3 is 10.1 Å². The van der Waals surface area contributed by atoms with Gasteiger partial charge in [0.15, 0.2) is 0 Å². The van der Waals surface area contributed by atoms with Gasteiger partial charge in [-0.2, -0.15) is 0 Å². The summed E-state index contributed by atoms with van der Waals surface area (Å²) >= 11 is 0. The van der Waals surface area contributed by atoms with Crippen molar-refractivity contribution in [3.8, 4) is 0 Å². The minimum atomic E-state index is -0.775. The summed E-state index contributed by atoms with van der Waals surface area (Å²) in [5, 5.41) is 3.26. The van der Waals surface area contributed by atoms with Crippen molar-refractivity contribution < 1.29 is 14.3 Å². The molecule has 0 bridgehead atoms. The maximum Gasteiger partial charge on any atom is 0.379 e. The average molecular weight is 301 g/mol. The van der Waals surface area contributed by atoms with E-state index in [9.17, 15) is 9.59 Å². The highest BCUT2D eigenvalue weighted by molar-refractivity contribution is 6.38. The first-order valence-electron chi connectivity index (χ1n) is 7.75. The Morgan fingerprint density at radius 3 is 2.41 bits per heavy atom. The Balaban J connectivity index is 2.17. The molecule has 118 valence electrons. The molecule has 1 heterocycles. The van der Waals surface area contributed by atoms with Crippen molar-refractivity contribution >= 4 is 11.8 Å². The summed E-state index contributed by atoms with van der Waals surface area (Å²) in [6.07, 6.45) is 4.36. The molecule has 4 heteroatoms. The zero-order valence-electron chi connectivity index (χ0n) is 13.2. The molecule has 1 saturated heterocycles. The second kappa shape index (κ2) is 7.36. The van der Waals surface area contributed by atoms with Crippen molar-refractivity contribution in [2.45, 2.75) is 32.3 Å². The number of esters is 1. The number of benzene rings is 1. The molecule has 22 heavy (non-hydrogen) atoms. The van der Waals surface area contributed by atoms with Gasteiger partial charge in [-0.05, 0) is 30.6 Å². The van der Waals surface area contributed by atoms with Crippen LogP contribution in [-0.2, 0) is 19.9 Å². The molecule has 0 atom stereocenters. The summed E-state index contributed by atoms with van der Waals surface area (Å²) < 4.78 is 5.68. The summed E-state index contributed by atoms with van der Waals surface area (Å²) in [4.78, 5) is 24.1. The standard InChI is InChI=1S/C18H23NO3/c1-14(2)8-9-16(20)17(21)22-18(10-12-19-13-11-18)15-6-4-3-5-7-15/h3-9,14,19H,10-13H2,1-2H3/b9-8-. The molecular weight excluding hydrogens is 278 g/mol. The van der Waals surface area contributed by atoms with Gasteiger partial charge in [0.2, 0.25) is 0 Å². The van der Waals surface area contributed by atoms with Crippen LogP contribution in [0, 0.1) is 5.92 Å². The maximum atomic E-state index is 12.2. The van der Waals surface area contributed by atoms with Gasteiger partial charge in [-0.3, -0.25) is 4.79 Å². The predicted molar refractivity (Wildman–Crippen MR) is 85.3 cm³/mol. The molecule has 0 aromatic heterocycles. The first-order valence-corrected chi connectivity index (χ1v) is 7.75. The lowest BCUT2D eigenvalue weighted by Gasteiger charge is -2.37. The molecule has 2 rings (SSSR count). The Bertz CT molecular complexity index is 543. The van der Waals surface area contributed by atoms with Crippen molar-refractivity contribution in [2.24, 2.45) is 5.92 Å². The van der Waals surface area contributed by atoms with E-state index in [1.54, 1.807) is 6.08 Å². The van der Waals surface area contributed by atoms with Crippen molar-refractivity contribution in [3.05, 3.63) is 48.0 Å². The van der Waals surface area contributed by atoms with E-state index >= 15 is 0 Å². The predicted octanol–water partition coefficient (Wildman–Crippen LogP) is 2.59. The SMILES string of the molecule is CC(C)/C=C\C(=O)C(=O)OC1(c2ccccc2)CCNCC1. The smallest absolute Gasteiger partial charge is 0.379 e. The summed E-state index contributed by atoms with van der Waals surface area (Å²) in [7, 11) is 0. The van der Waals surface area contributed by atoms with Crippen molar-refractivity contribution in [3.63, 3.8) is 0 Å². The zero-order valence-corrected chi connectivity index (χ0v) is 13.2. The van der Waals surface area contributed by atoms with Crippen LogP contribution in [0.5, 0.6) is 0 Å². The monoisotopic (exact) mass is 301 g/mol. The number of carbonyl (C=O) groups excluding carboxylic acids is 2. The molecule has 0 saturated carbocycles. The average Bonchev–Trinajstić information content (AvgIpc) is 2.54. The molecule has 4 nitrogen and oxygen atoms in total. The molecule has 0 spiro atoms. The van der Waals surface area contributed by atoms with Gasteiger partial charge in [0.25, 0.3) is 5.78 Å². The number of hydrogen-bond donors (Lipinski definition) is 1. The van der Waals surface area contributed by atoms with Crippen LogP contribution in [0.4, 0.5) is 0 Å². The quantitative estimate of drug-likeness (QED) is 0.516. The van der Waals surface area contributed by atoms with Crippen LogP contribution in [0.2, 0.25) is 0 Å². The largest absolute Gasteiger partial charge is 0.448 e. The van der Waals surface area contributed by atoms with Crippen LogP contribution < -0.4 is 5.32 Å². The van der Waals surface area contributed by atoms with E-state index < -0.39 is 17.4 Å². The van der Waals surface area contributed by atoms with Gasteiger partial charge in [-0.25, -0.2) is 4.79 Å². The Kier molecular flexibility index (Phi) is 5.50. The van der Waals surface area contributed by atoms with Gasteiger partial charge in [0.05, 0.1) is 0 Å². The highest BCUT2D eigenvalue weighted by Crippen LogP contribution is 2.34. The molecule has 1 aliphatic heterocycles. The normalized spacial score (nSPS) is 17.6. The Morgan fingerprint density at radius 2 is 1.82 bits per heavy atom. The third-order valence-corrected chi connectivity index (χ3v) is 3.83. The molecule has 0 aliphatic carbocycles. The number of carbonyl (C=O) groups is 2. The van der Waals surface area contributed by atoms with E-state index in [1.165, 1.54) is 6.08 Å². The van der Waals surface area contributed by atoms with E-state index in [-0.39, 0.29) is 5.92 Å². The molecule has 0 amide bonds. The number of rotatable bonds is 5. The maximum absolute atomic E-state index is 12.2. The fraction of sp³-hybridized carbons (Fsp3) is 0.444. The van der Waals surface area contributed by atoms with Crippen LogP contribution in [0.15, 0.2) is 42.5 Å². The fourth-order valence-corrected chi connectivity index (χ4v) is 2.60. The number of piperidine rings is 1. The molecule has 1 aliphatic rings. The number of allylic oxidation sites excluding steroid dienone is 1. The van der Waals surface area contributed by atoms with Crippen LogP contribution >= 0.6 is 0 Å². The van der Waals surface area contributed by atoms with E-state index in [1.807, 2.05) is 44.2 Å². The van der Waals surface area contributed by atoms with Gasteiger partial charge in [-0.15, -0.1) is 0 Å². The second-order valence-corrected chi connectivity index (χ2v) is 5.97. The molecular formula is C18H23NO3. The highest BCUT2D eigenvalue weighted by Gasteiger charge is 2.38. The third-order valence-electron chi connectivity index (χ3n) is 3.83. The van der Waals surface area contributed by atoms with Crippen molar-refractivity contribution in [1.82, 2.24) is 5.32 Å². The summed E-state index contributed by atoms with van der Waals surface area (Å²) in [6, 6.07) is 9.68. The summed E-state index contributed by atoms with van der Waals surface area (Å²) in [6.45, 7) is 5.43. The Morgan fingerprint density at radius 1 is 1.18 bits per heavy atom. The first kappa shape index (κ1) is 16.4. The molecule has 1 N–H and O–H groups in total. The highest BCUT2D eigenvalue weighted by atomic mass is 16.6. The Hall–Kier alpha value is -1.94. The van der Waals surface area contributed by atoms with Crippen LogP contribution in [0.25, 0.3) is 0 Å². The molecule has 1 aromatic carbocycles. The third kappa shape index (κ3) is 4.04. The second-order valence-electron chi connectivity index (χ2n) is 5.97. The molecule has 1 fully saturated rings. The van der Waals surface area contributed by atoms with Crippen molar-refractivity contribution in [1.29, 1.82) is 0 Å². The number of nitrogens with one attached hydrogen (secondary N) is 1. The summed E-state index contributed by atoms with van der Waals surface area (Å²) in [5.41, 5.74) is 0.246. The van der Waals surface area contributed by atoms with Crippen LogP contribution in [-0.4, -0.2) is 24.8 Å². The lowest BCUT2D eigenvalue weighted by atomic mass is 9.84. The van der Waals surface area contributed by atoms with Crippen molar-refractivity contribution in [2.75, 3.05) is 13.1 Å². The van der Waals surface area contributed by atoms with E-state index in [4.69, 9.17) is 4.74 Å². The van der Waals surface area contributed by atoms with Crippen LogP contribution in [0.1, 0.15) is 32.3 Å². The van der Waals surface area contributed by atoms with Crippen LogP contribution in [0.3, 0.4) is 0 Å². The molecule has 0 unspecified atom stereocenters. The van der Waals surface area contributed by atoms with Gasteiger partial charge >= 0.3 is 5.97 Å². The minimum absolute atomic E-state index is 0.221. The Labute approximate surface area is 131 Å². The minimum Gasteiger partial charge on any atom is -0.448 e. The van der Waals surface area contributed by atoms with Gasteiger partial charge in [0, 0.05) is 12.8 Å². The fourth-order valence-electron chi connectivity index (χ4n) is 2.60. The topological polar surface area (TPSA) is 55.4 Å². The van der Waals surface area contributed by atoms with Gasteiger partial charge in [-0.1, -0.05) is 50.3 Å². The molecule has 1 aromatic rings. The summed E-state index contributed by atoms with van der Waals surface area (Å²) in [5.74, 6) is -1.15. The zero-order chi connectivity index (χ0) is 16.0. The number of ketones is 1. The number of hydrogen-bond acceptors (Lipinski definition) is 4. The number of ether oxygens (including phenoxy) is 1.